The lowest BCUT2D eigenvalue weighted by Crippen LogP contribution is -2.26. The van der Waals surface area contributed by atoms with Gasteiger partial charge in [-0.15, -0.1) is 0 Å². The molecule has 0 aliphatic carbocycles. The molecule has 0 spiro atoms. The number of nitrogens with one attached hydrogen (secondary N) is 1. The fourth-order valence-corrected chi connectivity index (χ4v) is 1.59. The van der Waals surface area contributed by atoms with E-state index < -0.39 is 0 Å². The number of methoxy groups -OCH3 is 1. The van der Waals surface area contributed by atoms with Crippen molar-refractivity contribution in [1.82, 2.24) is 5.32 Å². The normalized spacial score (nSPS) is 9.94. The summed E-state index contributed by atoms with van der Waals surface area (Å²) >= 11 is 3.32. The van der Waals surface area contributed by atoms with E-state index in [9.17, 15) is 4.79 Å². The zero-order valence-electron chi connectivity index (χ0n) is 9.13. The number of amides is 1. The van der Waals surface area contributed by atoms with Gasteiger partial charge in [-0.2, -0.15) is 0 Å². The van der Waals surface area contributed by atoms with E-state index >= 15 is 0 Å². The average molecular weight is 287 g/mol. The highest BCUT2D eigenvalue weighted by Gasteiger charge is 2.11. The summed E-state index contributed by atoms with van der Waals surface area (Å²) in [6.45, 7) is 1.15. The van der Waals surface area contributed by atoms with Gasteiger partial charge in [-0.3, -0.25) is 4.79 Å². The third kappa shape index (κ3) is 3.50. The van der Waals surface area contributed by atoms with Gasteiger partial charge in [0.2, 0.25) is 0 Å². The third-order valence-electron chi connectivity index (χ3n) is 2.07. The standard InChI is InChI=1S/C11H15BrN2O2/c1-16-10-7-8(12)3-4-9(10)11(15)14-6-2-5-13/h3-4,7H,2,5-6,13H2,1H3,(H,14,15). The summed E-state index contributed by atoms with van der Waals surface area (Å²) in [6.07, 6.45) is 0.768. The van der Waals surface area contributed by atoms with E-state index in [1.807, 2.05) is 0 Å². The fraction of sp³-hybridized carbons (Fsp3) is 0.364. The molecular formula is C11H15BrN2O2. The fourth-order valence-electron chi connectivity index (χ4n) is 1.25. The zero-order chi connectivity index (χ0) is 12.0. The van der Waals surface area contributed by atoms with Crippen LogP contribution in [0.5, 0.6) is 5.75 Å². The van der Waals surface area contributed by atoms with E-state index in [-0.39, 0.29) is 5.91 Å². The maximum atomic E-state index is 11.8. The molecule has 1 aromatic carbocycles. The number of carbonyl (C=O) groups excluding carboxylic acids is 1. The lowest BCUT2D eigenvalue weighted by atomic mass is 10.2. The third-order valence-corrected chi connectivity index (χ3v) is 2.57. The van der Waals surface area contributed by atoms with Gasteiger partial charge in [0.1, 0.15) is 5.75 Å². The van der Waals surface area contributed by atoms with E-state index in [0.29, 0.717) is 24.4 Å². The Bertz CT molecular complexity index is 369. The highest BCUT2D eigenvalue weighted by molar-refractivity contribution is 9.10. The van der Waals surface area contributed by atoms with Crippen molar-refractivity contribution < 1.29 is 9.53 Å². The van der Waals surface area contributed by atoms with Crippen molar-refractivity contribution in [1.29, 1.82) is 0 Å². The smallest absolute Gasteiger partial charge is 0.255 e. The van der Waals surface area contributed by atoms with Crippen LogP contribution in [0, 0.1) is 0 Å². The number of carbonyl (C=O) groups is 1. The van der Waals surface area contributed by atoms with Crippen LogP contribution in [0.1, 0.15) is 16.8 Å². The summed E-state index contributed by atoms with van der Waals surface area (Å²) in [5, 5.41) is 2.78. The molecule has 0 atom stereocenters. The van der Waals surface area contributed by atoms with Crippen molar-refractivity contribution in [2.75, 3.05) is 20.2 Å². The van der Waals surface area contributed by atoms with Gasteiger partial charge in [0, 0.05) is 11.0 Å². The molecular weight excluding hydrogens is 272 g/mol. The van der Waals surface area contributed by atoms with Crippen LogP contribution >= 0.6 is 15.9 Å². The van der Waals surface area contributed by atoms with E-state index in [2.05, 4.69) is 21.2 Å². The van der Waals surface area contributed by atoms with Crippen LogP contribution in [0.2, 0.25) is 0 Å². The molecule has 0 saturated heterocycles. The van der Waals surface area contributed by atoms with Gasteiger partial charge in [0.05, 0.1) is 12.7 Å². The van der Waals surface area contributed by atoms with Crippen LogP contribution in [0.25, 0.3) is 0 Å². The minimum Gasteiger partial charge on any atom is -0.496 e. The first kappa shape index (κ1) is 13.0. The molecule has 0 aliphatic heterocycles. The summed E-state index contributed by atoms with van der Waals surface area (Å²) < 4.78 is 6.02. The molecule has 1 aromatic rings. The molecule has 0 bridgehead atoms. The summed E-state index contributed by atoms with van der Waals surface area (Å²) in [5.41, 5.74) is 5.88. The monoisotopic (exact) mass is 286 g/mol. The molecule has 0 aliphatic rings. The summed E-state index contributed by atoms with van der Waals surface area (Å²) in [4.78, 5) is 11.8. The summed E-state index contributed by atoms with van der Waals surface area (Å²) in [5.74, 6) is 0.414. The molecule has 0 saturated carbocycles. The second-order valence-electron chi connectivity index (χ2n) is 3.24. The zero-order valence-corrected chi connectivity index (χ0v) is 10.7. The van der Waals surface area contributed by atoms with E-state index in [4.69, 9.17) is 10.5 Å². The maximum absolute atomic E-state index is 11.8. The molecule has 1 rings (SSSR count). The Kier molecular flexibility index (Phi) is 5.28. The Labute approximate surface area is 103 Å². The van der Waals surface area contributed by atoms with Crippen LogP contribution in [-0.4, -0.2) is 26.1 Å². The van der Waals surface area contributed by atoms with Crippen molar-refractivity contribution in [2.24, 2.45) is 5.73 Å². The number of hydrogen-bond acceptors (Lipinski definition) is 3. The molecule has 4 nitrogen and oxygen atoms in total. The molecule has 1 amide bonds. The second kappa shape index (κ2) is 6.50. The number of benzene rings is 1. The highest BCUT2D eigenvalue weighted by Crippen LogP contribution is 2.23. The summed E-state index contributed by atoms with van der Waals surface area (Å²) in [7, 11) is 1.54. The lowest BCUT2D eigenvalue weighted by Gasteiger charge is -2.09. The van der Waals surface area contributed by atoms with Crippen LogP contribution in [0.4, 0.5) is 0 Å². The predicted octanol–water partition coefficient (Wildman–Crippen LogP) is 1.54. The van der Waals surface area contributed by atoms with Crippen molar-refractivity contribution in [2.45, 2.75) is 6.42 Å². The minimum atomic E-state index is -0.141. The number of nitrogens with two attached hydrogens (primary N) is 1. The minimum absolute atomic E-state index is 0.141. The number of rotatable bonds is 5. The Morgan fingerprint density at radius 2 is 2.31 bits per heavy atom. The number of hydrogen-bond donors (Lipinski definition) is 2. The molecule has 88 valence electrons. The van der Waals surface area contributed by atoms with Crippen LogP contribution in [0.3, 0.4) is 0 Å². The van der Waals surface area contributed by atoms with E-state index in [0.717, 1.165) is 10.9 Å². The Hall–Kier alpha value is -1.07. The van der Waals surface area contributed by atoms with Crippen molar-refractivity contribution in [3.63, 3.8) is 0 Å². The maximum Gasteiger partial charge on any atom is 0.255 e. The molecule has 5 heteroatoms. The first-order valence-corrected chi connectivity index (χ1v) is 5.80. The van der Waals surface area contributed by atoms with Crippen LogP contribution in [-0.2, 0) is 0 Å². The number of halogens is 1. The van der Waals surface area contributed by atoms with Gasteiger partial charge in [-0.05, 0) is 31.2 Å². The van der Waals surface area contributed by atoms with Gasteiger partial charge in [0.25, 0.3) is 5.91 Å². The van der Waals surface area contributed by atoms with Gasteiger partial charge in [-0.1, -0.05) is 15.9 Å². The SMILES string of the molecule is COc1cc(Br)ccc1C(=O)NCCCN. The van der Waals surface area contributed by atoms with Crippen molar-refractivity contribution in [3.05, 3.63) is 28.2 Å². The van der Waals surface area contributed by atoms with Crippen molar-refractivity contribution in [3.8, 4) is 5.75 Å². The van der Waals surface area contributed by atoms with Gasteiger partial charge >= 0.3 is 0 Å². The molecule has 3 N–H and O–H groups in total. The second-order valence-corrected chi connectivity index (χ2v) is 4.16. The molecule has 16 heavy (non-hydrogen) atoms. The van der Waals surface area contributed by atoms with Gasteiger partial charge < -0.3 is 15.8 Å². The predicted molar refractivity (Wildman–Crippen MR) is 66.7 cm³/mol. The van der Waals surface area contributed by atoms with Gasteiger partial charge in [0.15, 0.2) is 0 Å². The molecule has 0 aromatic heterocycles. The first-order chi connectivity index (χ1) is 7.69. The molecule has 0 radical (unpaired) electrons. The Morgan fingerprint density at radius 1 is 1.56 bits per heavy atom. The largest absolute Gasteiger partial charge is 0.496 e. The first-order valence-electron chi connectivity index (χ1n) is 5.01. The van der Waals surface area contributed by atoms with E-state index in [1.54, 1.807) is 25.3 Å². The lowest BCUT2D eigenvalue weighted by molar-refractivity contribution is 0.0950. The highest BCUT2D eigenvalue weighted by atomic mass is 79.9. The molecule has 0 heterocycles. The summed E-state index contributed by atoms with van der Waals surface area (Å²) in [6, 6.07) is 5.29. The topological polar surface area (TPSA) is 64.3 Å². The van der Waals surface area contributed by atoms with Crippen LogP contribution in [0.15, 0.2) is 22.7 Å². The number of ether oxygens (including phenoxy) is 1. The van der Waals surface area contributed by atoms with Crippen molar-refractivity contribution >= 4 is 21.8 Å². The van der Waals surface area contributed by atoms with E-state index in [1.165, 1.54) is 0 Å². The molecule has 0 fully saturated rings. The quantitative estimate of drug-likeness (QED) is 0.807. The average Bonchev–Trinajstić information content (AvgIpc) is 2.29. The molecule has 0 unspecified atom stereocenters. The van der Waals surface area contributed by atoms with Crippen LogP contribution < -0.4 is 15.8 Å². The Balaban J connectivity index is 2.74. The van der Waals surface area contributed by atoms with Gasteiger partial charge in [-0.25, -0.2) is 0 Å². The Morgan fingerprint density at radius 3 is 2.94 bits per heavy atom.